The number of benzene rings is 1. The molecular formula is C15H18F3N2O2P. The lowest BCUT2D eigenvalue weighted by atomic mass is 9.99. The predicted octanol–water partition coefficient (Wildman–Crippen LogP) is 4.16. The third-order valence-corrected chi connectivity index (χ3v) is 3.75. The van der Waals surface area contributed by atoms with Crippen LogP contribution in [0.15, 0.2) is 22.9 Å². The van der Waals surface area contributed by atoms with Crippen LogP contribution in [-0.2, 0) is 10.9 Å². The zero-order valence-electron chi connectivity index (χ0n) is 13.0. The summed E-state index contributed by atoms with van der Waals surface area (Å²) in [6.45, 7) is 4.00. The van der Waals surface area contributed by atoms with E-state index in [-0.39, 0.29) is 22.5 Å². The van der Waals surface area contributed by atoms with Crippen LogP contribution in [-0.4, -0.2) is 25.5 Å². The van der Waals surface area contributed by atoms with Crippen LogP contribution in [0.1, 0.15) is 35.3 Å². The highest BCUT2D eigenvalue weighted by Crippen LogP contribution is 2.39. The Kier molecular flexibility index (Phi) is 6.76. The fraction of sp³-hybridized carbons (Fsp3) is 0.333. The summed E-state index contributed by atoms with van der Waals surface area (Å²) in [6, 6.07) is 1.83. The molecule has 0 saturated heterocycles. The summed E-state index contributed by atoms with van der Waals surface area (Å²) in [5.74, 6) is 0.840. The molecule has 0 bridgehead atoms. The van der Waals surface area contributed by atoms with E-state index in [0.29, 0.717) is 14.7 Å². The fourth-order valence-electron chi connectivity index (χ4n) is 1.89. The van der Waals surface area contributed by atoms with Gasteiger partial charge in [0.25, 0.3) is 0 Å². The summed E-state index contributed by atoms with van der Waals surface area (Å²) < 4.78 is 44.0. The number of aliphatic imine (C=N–C) groups is 1. The summed E-state index contributed by atoms with van der Waals surface area (Å²) in [6.07, 6.45) is -2.33. The highest BCUT2D eigenvalue weighted by Gasteiger charge is 2.35. The van der Waals surface area contributed by atoms with Crippen LogP contribution in [0.3, 0.4) is 0 Å². The Bertz CT molecular complexity index is 640. The van der Waals surface area contributed by atoms with Crippen molar-refractivity contribution in [3.8, 4) is 0 Å². The number of nitrogens with zero attached hydrogens (tertiary/aromatic N) is 1. The number of esters is 1. The van der Waals surface area contributed by atoms with Gasteiger partial charge in [0.1, 0.15) is 0 Å². The maximum absolute atomic E-state index is 13.1. The van der Waals surface area contributed by atoms with Crippen LogP contribution >= 0.6 is 8.58 Å². The molecule has 1 aliphatic rings. The van der Waals surface area contributed by atoms with Crippen LogP contribution < -0.4 is 5.73 Å². The Labute approximate surface area is 134 Å². The van der Waals surface area contributed by atoms with Gasteiger partial charge >= 0.3 is 12.1 Å². The van der Waals surface area contributed by atoms with E-state index in [1.165, 1.54) is 0 Å². The number of halogens is 3. The molecule has 1 heterocycles. The molecule has 2 N–H and O–H groups in total. The van der Waals surface area contributed by atoms with Crippen LogP contribution in [0.2, 0.25) is 0 Å². The SMILES string of the molecule is CC.COC(=O)c1cc(C2=CPCC=N2)c(C(F)(F)F)cc1N. The van der Waals surface area contributed by atoms with E-state index in [4.69, 9.17) is 5.73 Å². The first kappa shape index (κ1) is 19.2. The molecule has 1 aromatic carbocycles. The molecule has 1 aromatic rings. The topological polar surface area (TPSA) is 64.7 Å². The van der Waals surface area contributed by atoms with E-state index in [1.54, 1.807) is 12.0 Å². The number of ether oxygens (including phenoxy) is 1. The number of carbonyl (C=O) groups is 1. The number of nitrogens with two attached hydrogens (primary N) is 1. The molecular weight excluding hydrogens is 328 g/mol. The summed E-state index contributed by atoms with van der Waals surface area (Å²) in [5, 5.41) is 0. The Hall–Kier alpha value is -1.88. The summed E-state index contributed by atoms with van der Waals surface area (Å²) in [7, 11) is 1.49. The van der Waals surface area contributed by atoms with Crippen molar-refractivity contribution in [3.05, 3.63) is 34.6 Å². The zero-order chi connectivity index (χ0) is 17.6. The molecule has 0 amide bonds. The lowest BCUT2D eigenvalue weighted by Crippen LogP contribution is -2.14. The van der Waals surface area contributed by atoms with Gasteiger partial charge in [0.05, 0.1) is 23.9 Å². The molecule has 0 aromatic heterocycles. The Balaban J connectivity index is 0.00000127. The van der Waals surface area contributed by atoms with Crippen molar-refractivity contribution < 1.29 is 22.7 Å². The molecule has 4 nitrogen and oxygen atoms in total. The van der Waals surface area contributed by atoms with Gasteiger partial charge in [-0.3, -0.25) is 4.99 Å². The molecule has 0 spiro atoms. The van der Waals surface area contributed by atoms with Crippen LogP contribution in [0.5, 0.6) is 0 Å². The average molecular weight is 346 g/mol. The Morgan fingerprint density at radius 3 is 2.48 bits per heavy atom. The van der Waals surface area contributed by atoms with Gasteiger partial charge in [-0.15, -0.1) is 0 Å². The number of rotatable bonds is 2. The first-order valence-electron chi connectivity index (χ1n) is 6.90. The third-order valence-electron chi connectivity index (χ3n) is 2.85. The first-order chi connectivity index (χ1) is 10.8. The number of alkyl halides is 3. The second-order valence-corrected chi connectivity index (χ2v) is 5.33. The Morgan fingerprint density at radius 1 is 1.35 bits per heavy atom. The quantitative estimate of drug-likeness (QED) is 0.497. The molecule has 1 aliphatic heterocycles. The normalized spacial score (nSPS) is 14.8. The molecule has 0 fully saturated rings. The highest BCUT2D eigenvalue weighted by atomic mass is 31.1. The number of anilines is 1. The van der Waals surface area contributed by atoms with Crippen LogP contribution in [0.4, 0.5) is 18.9 Å². The summed E-state index contributed by atoms with van der Waals surface area (Å²) in [4.78, 5) is 15.6. The number of methoxy groups -OCH3 is 1. The van der Waals surface area contributed by atoms with E-state index < -0.39 is 17.7 Å². The van der Waals surface area contributed by atoms with Gasteiger partial charge < -0.3 is 10.5 Å². The fourth-order valence-corrected chi connectivity index (χ4v) is 2.62. The van der Waals surface area contributed by atoms with Crippen molar-refractivity contribution in [1.29, 1.82) is 0 Å². The molecule has 126 valence electrons. The van der Waals surface area contributed by atoms with Crippen molar-refractivity contribution >= 4 is 32.1 Å². The molecule has 8 heteroatoms. The van der Waals surface area contributed by atoms with Gasteiger partial charge in [0, 0.05) is 23.6 Å². The van der Waals surface area contributed by atoms with Crippen LogP contribution in [0, 0.1) is 0 Å². The lowest BCUT2D eigenvalue weighted by molar-refractivity contribution is -0.137. The minimum Gasteiger partial charge on any atom is -0.465 e. The minimum absolute atomic E-state index is 0.106. The van der Waals surface area contributed by atoms with Gasteiger partial charge in [-0.2, -0.15) is 13.2 Å². The monoisotopic (exact) mass is 346 g/mol. The number of hydrogen-bond acceptors (Lipinski definition) is 4. The molecule has 23 heavy (non-hydrogen) atoms. The molecule has 0 saturated carbocycles. The highest BCUT2D eigenvalue weighted by molar-refractivity contribution is 7.43. The summed E-state index contributed by atoms with van der Waals surface area (Å²) >= 11 is 0. The third kappa shape index (κ3) is 4.55. The van der Waals surface area contributed by atoms with Crippen molar-refractivity contribution in [1.82, 2.24) is 0 Å². The number of carbonyl (C=O) groups excluding carboxylic acids is 1. The average Bonchev–Trinajstić information content (AvgIpc) is 2.55. The zero-order valence-corrected chi connectivity index (χ0v) is 14.0. The molecule has 1 unspecified atom stereocenters. The second-order valence-electron chi connectivity index (χ2n) is 4.22. The van der Waals surface area contributed by atoms with Crippen molar-refractivity contribution in [2.75, 3.05) is 19.0 Å². The van der Waals surface area contributed by atoms with E-state index in [9.17, 15) is 18.0 Å². The van der Waals surface area contributed by atoms with E-state index in [0.717, 1.165) is 19.2 Å². The molecule has 0 radical (unpaired) electrons. The maximum atomic E-state index is 13.1. The minimum atomic E-state index is -4.59. The molecule has 2 rings (SSSR count). The first-order valence-corrected chi connectivity index (χ1v) is 8.18. The van der Waals surface area contributed by atoms with Crippen molar-refractivity contribution in [3.63, 3.8) is 0 Å². The van der Waals surface area contributed by atoms with E-state index >= 15 is 0 Å². The van der Waals surface area contributed by atoms with E-state index in [2.05, 4.69) is 9.73 Å². The molecule has 0 aliphatic carbocycles. The van der Waals surface area contributed by atoms with Gasteiger partial charge in [-0.25, -0.2) is 4.79 Å². The van der Waals surface area contributed by atoms with Gasteiger partial charge in [-0.1, -0.05) is 22.4 Å². The Morgan fingerprint density at radius 2 is 2.00 bits per heavy atom. The van der Waals surface area contributed by atoms with Crippen LogP contribution in [0.25, 0.3) is 5.70 Å². The second kappa shape index (κ2) is 8.11. The van der Waals surface area contributed by atoms with Gasteiger partial charge in [-0.05, 0) is 17.9 Å². The number of hydrogen-bond donors (Lipinski definition) is 1. The number of nitrogen functional groups attached to an aromatic ring is 1. The van der Waals surface area contributed by atoms with Gasteiger partial charge in [0.15, 0.2) is 0 Å². The van der Waals surface area contributed by atoms with Crippen molar-refractivity contribution in [2.24, 2.45) is 4.99 Å². The molecule has 1 atom stereocenters. The largest absolute Gasteiger partial charge is 0.465 e. The van der Waals surface area contributed by atoms with Crippen molar-refractivity contribution in [2.45, 2.75) is 20.0 Å². The lowest BCUT2D eigenvalue weighted by Gasteiger charge is -2.17. The maximum Gasteiger partial charge on any atom is 0.417 e. The summed E-state index contributed by atoms with van der Waals surface area (Å²) in [5.41, 5.74) is 4.26. The van der Waals surface area contributed by atoms with E-state index in [1.807, 2.05) is 13.8 Å². The smallest absolute Gasteiger partial charge is 0.417 e. The standard InChI is InChI=1S/C13H12F3N2O2P.C2H6/c1-20-12(19)8-4-7(11-6-21-3-2-18-11)9(5-10(8)17)13(14,15)16;1-2/h2,4-6,21H,3,17H2,1H3;1-2H3. The van der Waals surface area contributed by atoms with Gasteiger partial charge in [0.2, 0.25) is 0 Å². The predicted molar refractivity (Wildman–Crippen MR) is 88.2 cm³/mol.